The normalized spacial score (nSPS) is 12.2. The first kappa shape index (κ1) is 12.5. The summed E-state index contributed by atoms with van der Waals surface area (Å²) in [4.78, 5) is 10.6. The Hall–Kier alpha value is -1.58. The van der Waals surface area contributed by atoms with Crippen molar-refractivity contribution >= 4 is 5.97 Å². The number of aryl methyl sites for hydroxylation is 1. The molecule has 1 atom stereocenters. The van der Waals surface area contributed by atoms with E-state index in [2.05, 4.69) is 0 Å². The second-order valence-electron chi connectivity index (χ2n) is 3.71. The fourth-order valence-electron chi connectivity index (χ4n) is 1.40. The SMILES string of the molecule is COc1cccc(CCC(C)C(=O)O)c1F. The highest BCUT2D eigenvalue weighted by molar-refractivity contribution is 5.69. The molecule has 0 saturated carbocycles. The maximum atomic E-state index is 13.7. The van der Waals surface area contributed by atoms with Crippen LogP contribution in [0.25, 0.3) is 0 Å². The highest BCUT2D eigenvalue weighted by Crippen LogP contribution is 2.22. The van der Waals surface area contributed by atoms with Crippen LogP contribution in [0.3, 0.4) is 0 Å². The number of rotatable bonds is 5. The van der Waals surface area contributed by atoms with E-state index in [4.69, 9.17) is 9.84 Å². The molecule has 0 bridgehead atoms. The van der Waals surface area contributed by atoms with Crippen molar-refractivity contribution in [2.45, 2.75) is 19.8 Å². The Balaban J connectivity index is 2.71. The van der Waals surface area contributed by atoms with Gasteiger partial charge in [0.15, 0.2) is 11.6 Å². The molecule has 1 aromatic carbocycles. The van der Waals surface area contributed by atoms with E-state index in [1.165, 1.54) is 7.11 Å². The molecule has 1 aromatic rings. The van der Waals surface area contributed by atoms with Crippen molar-refractivity contribution in [3.05, 3.63) is 29.6 Å². The molecule has 0 aliphatic heterocycles. The van der Waals surface area contributed by atoms with Crippen LogP contribution in [0.1, 0.15) is 18.9 Å². The highest BCUT2D eigenvalue weighted by Gasteiger charge is 2.13. The monoisotopic (exact) mass is 226 g/mol. The van der Waals surface area contributed by atoms with Crippen LogP contribution in [-0.4, -0.2) is 18.2 Å². The van der Waals surface area contributed by atoms with Gasteiger partial charge < -0.3 is 9.84 Å². The first-order chi connectivity index (χ1) is 7.56. The summed E-state index contributed by atoms with van der Waals surface area (Å²) in [6.07, 6.45) is 0.815. The minimum atomic E-state index is -0.858. The number of hydrogen-bond donors (Lipinski definition) is 1. The van der Waals surface area contributed by atoms with E-state index in [1.807, 2.05) is 0 Å². The van der Waals surface area contributed by atoms with Gasteiger partial charge in [-0.25, -0.2) is 4.39 Å². The molecular weight excluding hydrogens is 211 g/mol. The third-order valence-corrected chi connectivity index (χ3v) is 2.53. The summed E-state index contributed by atoms with van der Waals surface area (Å²) in [6, 6.07) is 4.88. The third-order valence-electron chi connectivity index (χ3n) is 2.53. The van der Waals surface area contributed by atoms with Crippen molar-refractivity contribution in [2.75, 3.05) is 7.11 Å². The minimum absolute atomic E-state index is 0.195. The molecule has 1 rings (SSSR count). The van der Waals surface area contributed by atoms with Crippen LogP contribution >= 0.6 is 0 Å². The van der Waals surface area contributed by atoms with E-state index in [1.54, 1.807) is 25.1 Å². The standard InChI is InChI=1S/C12H15FO3/c1-8(12(14)15)6-7-9-4-3-5-10(16-2)11(9)13/h3-5,8H,6-7H2,1-2H3,(H,14,15). The van der Waals surface area contributed by atoms with E-state index in [-0.39, 0.29) is 5.75 Å². The topological polar surface area (TPSA) is 46.5 Å². The lowest BCUT2D eigenvalue weighted by molar-refractivity contribution is -0.141. The van der Waals surface area contributed by atoms with Crippen molar-refractivity contribution in [3.63, 3.8) is 0 Å². The molecule has 0 radical (unpaired) electrons. The zero-order chi connectivity index (χ0) is 12.1. The van der Waals surface area contributed by atoms with Crippen LogP contribution in [0.15, 0.2) is 18.2 Å². The Morgan fingerprint density at radius 1 is 1.56 bits per heavy atom. The van der Waals surface area contributed by atoms with Crippen molar-refractivity contribution in [1.29, 1.82) is 0 Å². The van der Waals surface area contributed by atoms with E-state index in [9.17, 15) is 9.18 Å². The van der Waals surface area contributed by atoms with Crippen molar-refractivity contribution in [3.8, 4) is 5.75 Å². The van der Waals surface area contributed by atoms with Gasteiger partial charge in [-0.2, -0.15) is 0 Å². The predicted octanol–water partition coefficient (Wildman–Crippen LogP) is 2.49. The number of methoxy groups -OCH3 is 1. The number of benzene rings is 1. The Morgan fingerprint density at radius 3 is 2.81 bits per heavy atom. The average molecular weight is 226 g/mol. The zero-order valence-electron chi connectivity index (χ0n) is 9.37. The number of hydrogen-bond acceptors (Lipinski definition) is 2. The summed E-state index contributed by atoms with van der Waals surface area (Å²) in [5.74, 6) is -1.53. The zero-order valence-corrected chi connectivity index (χ0v) is 9.37. The first-order valence-corrected chi connectivity index (χ1v) is 5.10. The van der Waals surface area contributed by atoms with Crippen LogP contribution in [0, 0.1) is 11.7 Å². The fourth-order valence-corrected chi connectivity index (χ4v) is 1.40. The van der Waals surface area contributed by atoms with Gasteiger partial charge in [0, 0.05) is 0 Å². The molecule has 0 saturated heterocycles. The van der Waals surface area contributed by atoms with Gasteiger partial charge in [-0.15, -0.1) is 0 Å². The number of halogens is 1. The average Bonchev–Trinajstić information content (AvgIpc) is 2.27. The van der Waals surface area contributed by atoms with Crippen LogP contribution in [0.2, 0.25) is 0 Å². The predicted molar refractivity (Wildman–Crippen MR) is 58.1 cm³/mol. The Bertz CT molecular complexity index is 377. The van der Waals surface area contributed by atoms with E-state index >= 15 is 0 Å². The van der Waals surface area contributed by atoms with E-state index < -0.39 is 17.7 Å². The summed E-state index contributed by atoms with van der Waals surface area (Å²) < 4.78 is 18.5. The summed E-state index contributed by atoms with van der Waals surface area (Å²) in [5, 5.41) is 8.71. The second-order valence-corrected chi connectivity index (χ2v) is 3.71. The van der Waals surface area contributed by atoms with Crippen LogP contribution in [0.5, 0.6) is 5.75 Å². The first-order valence-electron chi connectivity index (χ1n) is 5.10. The number of carbonyl (C=O) groups is 1. The highest BCUT2D eigenvalue weighted by atomic mass is 19.1. The molecule has 4 heteroatoms. The van der Waals surface area contributed by atoms with Gasteiger partial charge in [-0.05, 0) is 24.5 Å². The maximum absolute atomic E-state index is 13.7. The molecule has 1 N–H and O–H groups in total. The summed E-state index contributed by atoms with van der Waals surface area (Å²) in [5.41, 5.74) is 0.493. The summed E-state index contributed by atoms with van der Waals surface area (Å²) in [6.45, 7) is 1.61. The lowest BCUT2D eigenvalue weighted by Crippen LogP contribution is -2.10. The van der Waals surface area contributed by atoms with Gasteiger partial charge in [-0.1, -0.05) is 19.1 Å². The van der Waals surface area contributed by atoms with Gasteiger partial charge in [-0.3, -0.25) is 4.79 Å². The third kappa shape index (κ3) is 2.95. The molecule has 0 aromatic heterocycles. The lowest BCUT2D eigenvalue weighted by atomic mass is 10.0. The number of carboxylic acid groups (broad SMARTS) is 1. The Morgan fingerprint density at radius 2 is 2.25 bits per heavy atom. The molecule has 0 spiro atoms. The van der Waals surface area contributed by atoms with Gasteiger partial charge in [0.05, 0.1) is 13.0 Å². The number of carboxylic acids is 1. The molecule has 0 fully saturated rings. The molecule has 0 aliphatic carbocycles. The van der Waals surface area contributed by atoms with Crippen molar-refractivity contribution in [1.82, 2.24) is 0 Å². The van der Waals surface area contributed by atoms with Crippen LogP contribution in [0.4, 0.5) is 4.39 Å². The van der Waals surface area contributed by atoms with Crippen molar-refractivity contribution < 1.29 is 19.0 Å². The second kappa shape index (κ2) is 5.49. The molecule has 3 nitrogen and oxygen atoms in total. The van der Waals surface area contributed by atoms with Gasteiger partial charge in [0.25, 0.3) is 0 Å². The molecule has 1 unspecified atom stereocenters. The number of ether oxygens (including phenoxy) is 1. The Labute approximate surface area is 93.9 Å². The molecule has 0 aliphatic rings. The lowest BCUT2D eigenvalue weighted by Gasteiger charge is -2.09. The Kier molecular flexibility index (Phi) is 4.28. The van der Waals surface area contributed by atoms with Gasteiger partial charge >= 0.3 is 5.97 Å². The van der Waals surface area contributed by atoms with Gasteiger partial charge in [0.1, 0.15) is 0 Å². The fraction of sp³-hybridized carbons (Fsp3) is 0.417. The minimum Gasteiger partial charge on any atom is -0.494 e. The molecule has 88 valence electrons. The maximum Gasteiger partial charge on any atom is 0.306 e. The van der Waals surface area contributed by atoms with Crippen molar-refractivity contribution in [2.24, 2.45) is 5.92 Å². The van der Waals surface area contributed by atoms with E-state index in [0.717, 1.165) is 0 Å². The van der Waals surface area contributed by atoms with Crippen LogP contribution in [-0.2, 0) is 11.2 Å². The molecular formula is C12H15FO3. The number of aliphatic carboxylic acids is 1. The van der Waals surface area contributed by atoms with Crippen LogP contribution < -0.4 is 4.74 Å². The molecule has 0 amide bonds. The van der Waals surface area contributed by atoms with Gasteiger partial charge in [0.2, 0.25) is 0 Å². The quantitative estimate of drug-likeness (QED) is 0.839. The summed E-state index contributed by atoms with van der Waals surface area (Å²) >= 11 is 0. The molecule has 0 heterocycles. The molecule has 16 heavy (non-hydrogen) atoms. The largest absolute Gasteiger partial charge is 0.494 e. The van der Waals surface area contributed by atoms with E-state index in [0.29, 0.717) is 18.4 Å². The smallest absolute Gasteiger partial charge is 0.306 e. The summed E-state index contributed by atoms with van der Waals surface area (Å²) in [7, 11) is 1.40.